The van der Waals surface area contributed by atoms with Crippen molar-refractivity contribution >= 4 is 45.5 Å². The number of hydrogen-bond acceptors (Lipinski definition) is 8. The third kappa shape index (κ3) is 6.04. The standard InChI is InChI=1S/C29H44BrN3O6S/c1-5-7-13-39-28(37)22-23-26(35)33(20(18-34)16-19(3)4)25(29(23)17-21(30)24(22)40-29)27(36)32(8-6-2)10-9-31-11-14-38-15-12-31/h5-6,19-25,34H,1-2,7-18H2,3-4H3/t20-,21?,22+,23+,24+,25?,29?/m1/s1. The number of fused-ring (bicyclic) bond motifs is 1. The van der Waals surface area contributed by atoms with E-state index in [0.29, 0.717) is 52.1 Å². The summed E-state index contributed by atoms with van der Waals surface area (Å²) in [5.41, 5.74) is 0. The van der Waals surface area contributed by atoms with Crippen molar-refractivity contribution in [2.24, 2.45) is 17.8 Å². The van der Waals surface area contributed by atoms with Gasteiger partial charge in [-0.3, -0.25) is 19.3 Å². The molecule has 2 amide bonds. The lowest BCUT2D eigenvalue weighted by Crippen LogP contribution is -2.58. The van der Waals surface area contributed by atoms with Gasteiger partial charge in [0.05, 0.1) is 49.1 Å². The van der Waals surface area contributed by atoms with Crippen LogP contribution in [0.15, 0.2) is 25.3 Å². The topological polar surface area (TPSA) is 99.6 Å². The first-order valence-corrected chi connectivity index (χ1v) is 16.2. The zero-order chi connectivity index (χ0) is 29.0. The maximum Gasteiger partial charge on any atom is 0.310 e. The number of nitrogens with zero attached hydrogens (tertiary/aromatic N) is 3. The Morgan fingerprint density at radius 2 is 2.02 bits per heavy atom. The largest absolute Gasteiger partial charge is 0.465 e. The molecule has 2 bridgehead atoms. The lowest BCUT2D eigenvalue weighted by molar-refractivity contribution is -0.154. The molecule has 224 valence electrons. The Bertz CT molecular complexity index is 962. The van der Waals surface area contributed by atoms with Crippen LogP contribution in [0.25, 0.3) is 0 Å². The van der Waals surface area contributed by atoms with Gasteiger partial charge in [0.1, 0.15) is 6.04 Å². The molecule has 0 radical (unpaired) electrons. The average molecular weight is 643 g/mol. The minimum atomic E-state index is -0.786. The molecular weight excluding hydrogens is 598 g/mol. The highest BCUT2D eigenvalue weighted by Gasteiger charge is 2.76. The predicted octanol–water partition coefficient (Wildman–Crippen LogP) is 2.32. The number of carbonyl (C=O) groups excluding carboxylic acids is 3. The maximum atomic E-state index is 14.6. The average Bonchev–Trinajstić information content (AvgIpc) is 3.53. The minimum absolute atomic E-state index is 0.0346. The number of hydrogen-bond donors (Lipinski definition) is 1. The van der Waals surface area contributed by atoms with Gasteiger partial charge in [0.2, 0.25) is 11.8 Å². The van der Waals surface area contributed by atoms with Crippen LogP contribution in [-0.2, 0) is 23.9 Å². The lowest BCUT2D eigenvalue weighted by atomic mass is 9.71. The number of aliphatic hydroxyl groups excluding tert-OH is 1. The molecule has 4 aliphatic rings. The van der Waals surface area contributed by atoms with E-state index in [-0.39, 0.29) is 41.0 Å². The van der Waals surface area contributed by atoms with E-state index in [1.54, 1.807) is 33.7 Å². The molecular formula is C29H44BrN3O6S. The van der Waals surface area contributed by atoms with Crippen LogP contribution in [0.1, 0.15) is 33.1 Å². The molecule has 7 atom stereocenters. The first-order valence-electron chi connectivity index (χ1n) is 14.4. The van der Waals surface area contributed by atoms with Crippen molar-refractivity contribution in [2.75, 3.05) is 59.2 Å². The number of halogens is 1. The quantitative estimate of drug-likeness (QED) is 0.134. The summed E-state index contributed by atoms with van der Waals surface area (Å²) >= 11 is 5.39. The minimum Gasteiger partial charge on any atom is -0.465 e. The van der Waals surface area contributed by atoms with Gasteiger partial charge in [0, 0.05) is 42.8 Å². The monoisotopic (exact) mass is 641 g/mol. The Balaban J connectivity index is 1.69. The second kappa shape index (κ2) is 13.7. The van der Waals surface area contributed by atoms with Gasteiger partial charge in [0.15, 0.2) is 0 Å². The highest BCUT2D eigenvalue weighted by Crippen LogP contribution is 2.68. The summed E-state index contributed by atoms with van der Waals surface area (Å²) in [5, 5.41) is 10.3. The van der Waals surface area contributed by atoms with Gasteiger partial charge in [0.25, 0.3) is 0 Å². The molecule has 4 saturated heterocycles. The SMILES string of the molecule is C=CCCOC(=O)[C@H]1[C@H]2C(=O)N([C@@H](CO)CC(C)C)C(C(=O)N(CC=C)CCN3CCOCC3)C23CC(Br)[C@@H]1S3. The molecule has 4 rings (SSSR count). The van der Waals surface area contributed by atoms with E-state index in [1.807, 2.05) is 13.8 Å². The Morgan fingerprint density at radius 1 is 1.30 bits per heavy atom. The smallest absolute Gasteiger partial charge is 0.310 e. The number of thioether (sulfide) groups is 1. The molecule has 4 aliphatic heterocycles. The van der Waals surface area contributed by atoms with Crippen LogP contribution in [0.2, 0.25) is 0 Å². The first kappa shape index (κ1) is 31.5. The molecule has 1 N–H and O–H groups in total. The molecule has 3 unspecified atom stereocenters. The van der Waals surface area contributed by atoms with Crippen molar-refractivity contribution in [2.45, 2.75) is 60.0 Å². The maximum absolute atomic E-state index is 14.6. The van der Waals surface area contributed by atoms with Crippen molar-refractivity contribution < 1.29 is 29.0 Å². The van der Waals surface area contributed by atoms with Gasteiger partial charge in [-0.1, -0.05) is 41.9 Å². The summed E-state index contributed by atoms with van der Waals surface area (Å²) in [4.78, 5) is 48.1. The molecule has 0 aromatic rings. The third-order valence-electron chi connectivity index (χ3n) is 8.60. The van der Waals surface area contributed by atoms with Crippen LogP contribution in [0, 0.1) is 17.8 Å². The second-order valence-corrected chi connectivity index (χ2v) is 14.4. The van der Waals surface area contributed by atoms with Gasteiger partial charge in [-0.15, -0.1) is 24.9 Å². The third-order valence-corrected chi connectivity index (χ3v) is 11.8. The van der Waals surface area contributed by atoms with Crippen LogP contribution in [0.5, 0.6) is 0 Å². The molecule has 0 aromatic carbocycles. The lowest BCUT2D eigenvalue weighted by Gasteiger charge is -2.40. The molecule has 0 aliphatic carbocycles. The van der Waals surface area contributed by atoms with Gasteiger partial charge in [-0.2, -0.15) is 0 Å². The van der Waals surface area contributed by atoms with E-state index < -0.39 is 34.6 Å². The Morgan fingerprint density at radius 3 is 2.65 bits per heavy atom. The predicted molar refractivity (Wildman–Crippen MR) is 159 cm³/mol. The van der Waals surface area contributed by atoms with Crippen molar-refractivity contribution in [3.05, 3.63) is 25.3 Å². The summed E-state index contributed by atoms with van der Waals surface area (Å²) < 4.78 is 10.3. The summed E-state index contributed by atoms with van der Waals surface area (Å²) in [6.45, 7) is 16.2. The number of aliphatic hydroxyl groups is 1. The molecule has 11 heteroatoms. The number of ether oxygens (including phenoxy) is 2. The van der Waals surface area contributed by atoms with Crippen molar-refractivity contribution in [1.82, 2.24) is 14.7 Å². The zero-order valence-electron chi connectivity index (χ0n) is 23.7. The Kier molecular flexibility index (Phi) is 10.8. The van der Waals surface area contributed by atoms with E-state index in [1.165, 1.54) is 0 Å². The van der Waals surface area contributed by atoms with Crippen molar-refractivity contribution in [1.29, 1.82) is 0 Å². The number of amides is 2. The van der Waals surface area contributed by atoms with E-state index in [4.69, 9.17) is 9.47 Å². The number of alkyl halides is 1. The Labute approximate surface area is 250 Å². The van der Waals surface area contributed by atoms with Crippen molar-refractivity contribution in [3.8, 4) is 0 Å². The van der Waals surface area contributed by atoms with E-state index in [2.05, 4.69) is 34.0 Å². The fourth-order valence-electron chi connectivity index (χ4n) is 6.88. The normalized spacial score (nSPS) is 32.3. The van der Waals surface area contributed by atoms with Crippen molar-refractivity contribution in [3.63, 3.8) is 0 Å². The van der Waals surface area contributed by atoms with Gasteiger partial charge in [-0.25, -0.2) is 0 Å². The number of esters is 1. The fourth-order valence-corrected chi connectivity index (χ4v) is 10.5. The molecule has 9 nitrogen and oxygen atoms in total. The molecule has 1 spiro atoms. The van der Waals surface area contributed by atoms with Crippen LogP contribution < -0.4 is 0 Å². The van der Waals surface area contributed by atoms with Gasteiger partial charge < -0.3 is 24.4 Å². The van der Waals surface area contributed by atoms with Crippen LogP contribution in [0.4, 0.5) is 0 Å². The van der Waals surface area contributed by atoms with Crippen LogP contribution >= 0.6 is 27.7 Å². The second-order valence-electron chi connectivity index (χ2n) is 11.6. The molecule has 4 heterocycles. The Hall–Kier alpha value is -1.40. The molecule has 0 saturated carbocycles. The summed E-state index contributed by atoms with van der Waals surface area (Å²) in [7, 11) is 0. The highest BCUT2D eigenvalue weighted by molar-refractivity contribution is 9.09. The number of likely N-dealkylation sites (tertiary alicyclic amines) is 1. The van der Waals surface area contributed by atoms with Gasteiger partial charge in [-0.05, 0) is 25.2 Å². The zero-order valence-corrected chi connectivity index (χ0v) is 26.1. The number of morpholine rings is 1. The van der Waals surface area contributed by atoms with Crippen LogP contribution in [-0.4, -0.2) is 124 Å². The van der Waals surface area contributed by atoms with E-state index in [9.17, 15) is 19.5 Å². The summed E-state index contributed by atoms with van der Waals surface area (Å²) in [6.07, 6.45) is 5.10. The molecule has 40 heavy (non-hydrogen) atoms. The number of carbonyl (C=O) groups is 3. The van der Waals surface area contributed by atoms with E-state index >= 15 is 0 Å². The summed E-state index contributed by atoms with van der Waals surface area (Å²) in [6, 6.07) is -1.30. The van der Waals surface area contributed by atoms with E-state index in [0.717, 1.165) is 13.1 Å². The molecule has 4 fully saturated rings. The first-order chi connectivity index (χ1) is 19.2. The van der Waals surface area contributed by atoms with Crippen LogP contribution in [0.3, 0.4) is 0 Å². The molecule has 0 aromatic heterocycles. The highest BCUT2D eigenvalue weighted by atomic mass is 79.9. The fraction of sp³-hybridized carbons (Fsp3) is 0.759. The van der Waals surface area contributed by atoms with Gasteiger partial charge >= 0.3 is 5.97 Å². The number of rotatable bonds is 14. The summed E-state index contributed by atoms with van der Waals surface area (Å²) in [5.74, 6) is -1.87.